The Bertz CT molecular complexity index is 414. The molecule has 0 saturated heterocycles. The summed E-state index contributed by atoms with van der Waals surface area (Å²) in [7, 11) is 3.06. The lowest BCUT2D eigenvalue weighted by Gasteiger charge is -2.38. The van der Waals surface area contributed by atoms with Crippen LogP contribution in [0.3, 0.4) is 0 Å². The van der Waals surface area contributed by atoms with Gasteiger partial charge in [-0.25, -0.2) is 0 Å². The Morgan fingerprint density at radius 2 is 1.68 bits per heavy atom. The first-order chi connectivity index (χ1) is 9.05. The van der Waals surface area contributed by atoms with Crippen molar-refractivity contribution in [2.75, 3.05) is 19.5 Å². The van der Waals surface area contributed by atoms with Gasteiger partial charge in [-0.3, -0.25) is 0 Å². The maximum absolute atomic E-state index is 5.06. The number of hydrogen-bond acceptors (Lipinski definition) is 6. The molecule has 1 saturated carbocycles. The van der Waals surface area contributed by atoms with E-state index in [1.807, 2.05) is 0 Å². The number of aromatic nitrogens is 3. The quantitative estimate of drug-likeness (QED) is 0.901. The van der Waals surface area contributed by atoms with Crippen LogP contribution in [0.25, 0.3) is 0 Å². The van der Waals surface area contributed by atoms with Crippen LogP contribution in [0.5, 0.6) is 12.0 Å². The van der Waals surface area contributed by atoms with Gasteiger partial charge in [-0.1, -0.05) is 26.7 Å². The lowest BCUT2D eigenvalue weighted by molar-refractivity contribution is 0.216. The Balaban J connectivity index is 2.17. The molecule has 6 heteroatoms. The van der Waals surface area contributed by atoms with E-state index >= 15 is 0 Å². The van der Waals surface area contributed by atoms with Crippen LogP contribution in [-0.2, 0) is 0 Å². The molecule has 106 valence electrons. The fourth-order valence-corrected chi connectivity index (χ4v) is 2.50. The maximum Gasteiger partial charge on any atom is 0.324 e. The second kappa shape index (κ2) is 5.59. The van der Waals surface area contributed by atoms with Gasteiger partial charge in [-0.15, -0.1) is 4.98 Å². The van der Waals surface area contributed by atoms with Crippen LogP contribution in [0.4, 0.5) is 5.95 Å². The highest BCUT2D eigenvalue weighted by atomic mass is 16.5. The number of hydrogen-bond donors (Lipinski definition) is 1. The van der Waals surface area contributed by atoms with Gasteiger partial charge in [-0.05, 0) is 18.3 Å². The van der Waals surface area contributed by atoms with Crippen molar-refractivity contribution in [1.82, 2.24) is 15.0 Å². The molecule has 1 aliphatic carbocycles. The number of anilines is 1. The van der Waals surface area contributed by atoms with Gasteiger partial charge < -0.3 is 14.8 Å². The van der Waals surface area contributed by atoms with E-state index in [0.717, 1.165) is 6.42 Å². The zero-order chi connectivity index (χ0) is 13.9. The fourth-order valence-electron chi connectivity index (χ4n) is 2.50. The Morgan fingerprint density at radius 1 is 1.05 bits per heavy atom. The van der Waals surface area contributed by atoms with Crippen LogP contribution in [0.1, 0.15) is 39.5 Å². The molecule has 19 heavy (non-hydrogen) atoms. The minimum atomic E-state index is 0.241. The van der Waals surface area contributed by atoms with E-state index in [1.165, 1.54) is 33.5 Å². The topological polar surface area (TPSA) is 69.2 Å². The first kappa shape index (κ1) is 13.8. The Kier molecular flexibility index (Phi) is 4.07. The van der Waals surface area contributed by atoms with Crippen LogP contribution in [-0.4, -0.2) is 35.2 Å². The highest BCUT2D eigenvalue weighted by molar-refractivity contribution is 5.30. The minimum Gasteiger partial charge on any atom is -0.467 e. The molecule has 0 amide bonds. The summed E-state index contributed by atoms with van der Waals surface area (Å²) in [6.07, 6.45) is 4.86. The highest BCUT2D eigenvalue weighted by Gasteiger charge is 2.32. The largest absolute Gasteiger partial charge is 0.467 e. The third-order valence-corrected chi connectivity index (χ3v) is 3.77. The second-order valence-electron chi connectivity index (χ2n) is 5.56. The third kappa shape index (κ3) is 3.24. The zero-order valence-electron chi connectivity index (χ0n) is 12.1. The molecule has 0 aliphatic heterocycles. The van der Waals surface area contributed by atoms with Crippen molar-refractivity contribution in [3.05, 3.63) is 0 Å². The Labute approximate surface area is 114 Å². The summed E-state index contributed by atoms with van der Waals surface area (Å²) in [5, 5.41) is 3.40. The highest BCUT2D eigenvalue weighted by Crippen LogP contribution is 2.36. The van der Waals surface area contributed by atoms with Crippen molar-refractivity contribution < 1.29 is 9.47 Å². The Morgan fingerprint density at radius 3 is 2.21 bits per heavy atom. The lowest BCUT2D eigenvalue weighted by Crippen LogP contribution is -2.39. The van der Waals surface area contributed by atoms with Gasteiger partial charge >= 0.3 is 12.0 Å². The van der Waals surface area contributed by atoms with Gasteiger partial charge in [0.05, 0.1) is 14.2 Å². The minimum absolute atomic E-state index is 0.241. The van der Waals surface area contributed by atoms with Gasteiger partial charge in [0.15, 0.2) is 0 Å². The summed E-state index contributed by atoms with van der Waals surface area (Å²) in [6, 6.07) is 0.893. The predicted molar refractivity (Wildman–Crippen MR) is 72.6 cm³/mol. The number of nitrogens with zero attached hydrogens (tertiary/aromatic N) is 3. The molecule has 1 atom stereocenters. The molecule has 6 nitrogen and oxygen atoms in total. The van der Waals surface area contributed by atoms with Gasteiger partial charge in [-0.2, -0.15) is 9.97 Å². The normalized spacial score (nSPS) is 21.8. The number of ether oxygens (including phenoxy) is 2. The molecule has 1 aliphatic rings. The average molecular weight is 266 g/mol. The summed E-state index contributed by atoms with van der Waals surface area (Å²) in [5.74, 6) is 0.517. The molecule has 2 rings (SSSR count). The molecule has 1 aromatic heterocycles. The summed E-state index contributed by atoms with van der Waals surface area (Å²) >= 11 is 0. The molecular weight excluding hydrogens is 244 g/mol. The van der Waals surface area contributed by atoms with Crippen molar-refractivity contribution in [1.29, 1.82) is 0 Å². The van der Waals surface area contributed by atoms with Gasteiger partial charge in [0.25, 0.3) is 0 Å². The van der Waals surface area contributed by atoms with Crippen LogP contribution in [0, 0.1) is 5.41 Å². The van der Waals surface area contributed by atoms with E-state index in [-0.39, 0.29) is 17.4 Å². The molecule has 1 N–H and O–H groups in total. The Hall–Kier alpha value is -1.59. The number of methoxy groups -OCH3 is 2. The number of nitrogens with one attached hydrogen (secondary N) is 1. The standard InChI is InChI=1S/C13H22N4O2/c1-13(2)8-6-5-7-9(13)14-10-15-11(18-3)17-12(16-10)19-4/h9H,5-8H2,1-4H3,(H,14,15,16,17). The second-order valence-corrected chi connectivity index (χ2v) is 5.56. The van der Waals surface area contributed by atoms with Gasteiger partial charge in [0.2, 0.25) is 5.95 Å². The zero-order valence-corrected chi connectivity index (χ0v) is 12.1. The van der Waals surface area contributed by atoms with E-state index < -0.39 is 0 Å². The molecule has 0 aromatic carbocycles. The van der Waals surface area contributed by atoms with Crippen molar-refractivity contribution in [2.45, 2.75) is 45.6 Å². The fraction of sp³-hybridized carbons (Fsp3) is 0.769. The van der Waals surface area contributed by atoms with E-state index in [0.29, 0.717) is 12.0 Å². The molecule has 0 radical (unpaired) electrons. The number of rotatable bonds is 4. The van der Waals surface area contributed by atoms with Crippen LogP contribution in [0.2, 0.25) is 0 Å². The molecule has 1 heterocycles. The first-order valence-corrected chi connectivity index (χ1v) is 6.66. The van der Waals surface area contributed by atoms with Gasteiger partial charge in [0.1, 0.15) is 0 Å². The predicted octanol–water partition coefficient (Wildman–Crippen LogP) is 2.27. The molecule has 0 spiro atoms. The van der Waals surface area contributed by atoms with Gasteiger partial charge in [0, 0.05) is 6.04 Å². The molecule has 1 aromatic rings. The van der Waals surface area contributed by atoms with E-state index in [9.17, 15) is 0 Å². The van der Waals surface area contributed by atoms with Crippen molar-refractivity contribution in [2.24, 2.45) is 5.41 Å². The summed E-state index contributed by atoms with van der Waals surface area (Å²) in [4.78, 5) is 12.4. The SMILES string of the molecule is COc1nc(NC2CCCCC2(C)C)nc(OC)n1. The summed E-state index contributed by atoms with van der Waals surface area (Å²) in [5.41, 5.74) is 0.241. The van der Waals surface area contributed by atoms with Crippen molar-refractivity contribution in [3.63, 3.8) is 0 Å². The lowest BCUT2D eigenvalue weighted by atomic mass is 9.73. The molecule has 0 bridgehead atoms. The third-order valence-electron chi connectivity index (χ3n) is 3.77. The van der Waals surface area contributed by atoms with E-state index in [4.69, 9.17) is 9.47 Å². The first-order valence-electron chi connectivity index (χ1n) is 6.66. The van der Waals surface area contributed by atoms with Crippen LogP contribution >= 0.6 is 0 Å². The molecule has 1 fully saturated rings. The summed E-state index contributed by atoms with van der Waals surface area (Å²) in [6.45, 7) is 4.55. The van der Waals surface area contributed by atoms with E-state index in [2.05, 4.69) is 34.1 Å². The molecule has 1 unspecified atom stereocenters. The van der Waals surface area contributed by atoms with Crippen molar-refractivity contribution in [3.8, 4) is 12.0 Å². The maximum atomic E-state index is 5.06. The molecular formula is C13H22N4O2. The van der Waals surface area contributed by atoms with E-state index in [1.54, 1.807) is 0 Å². The monoisotopic (exact) mass is 266 g/mol. The average Bonchev–Trinajstić information content (AvgIpc) is 2.40. The van der Waals surface area contributed by atoms with Crippen LogP contribution < -0.4 is 14.8 Å². The smallest absolute Gasteiger partial charge is 0.324 e. The summed E-state index contributed by atoms with van der Waals surface area (Å²) < 4.78 is 10.1. The van der Waals surface area contributed by atoms with Crippen molar-refractivity contribution >= 4 is 5.95 Å². The van der Waals surface area contributed by atoms with Crippen LogP contribution in [0.15, 0.2) is 0 Å².